The summed E-state index contributed by atoms with van der Waals surface area (Å²) >= 11 is 0. The number of aryl methyl sites for hydroxylation is 1. The second kappa shape index (κ2) is 6.48. The smallest absolute Gasteiger partial charge is 0.345 e. The van der Waals surface area contributed by atoms with Crippen molar-refractivity contribution in [2.75, 3.05) is 11.4 Å². The third kappa shape index (κ3) is 3.11. The largest absolute Gasteiger partial charge is 0.416 e. The summed E-state index contributed by atoms with van der Waals surface area (Å²) in [5, 5.41) is 0. The number of benzene rings is 2. The molecule has 1 aromatic heterocycles. The van der Waals surface area contributed by atoms with E-state index in [9.17, 15) is 13.2 Å². The summed E-state index contributed by atoms with van der Waals surface area (Å²) in [6.07, 6.45) is 1.93. The maximum atomic E-state index is 13.1. The number of anilines is 1. The highest BCUT2D eigenvalue weighted by Gasteiger charge is 2.31. The molecule has 146 valence electrons. The van der Waals surface area contributed by atoms with Gasteiger partial charge in [0.25, 0.3) is 0 Å². The van der Waals surface area contributed by atoms with Crippen LogP contribution < -0.4 is 4.90 Å². The Morgan fingerprint density at radius 1 is 0.828 bits per heavy atom. The predicted octanol–water partition coefficient (Wildman–Crippen LogP) is 6.26. The number of pyridine rings is 1. The average Bonchev–Trinajstić information content (AvgIpc) is 3.16. The molecule has 0 amide bonds. The van der Waals surface area contributed by atoms with Crippen molar-refractivity contribution in [3.63, 3.8) is 0 Å². The van der Waals surface area contributed by atoms with Gasteiger partial charge in [-0.1, -0.05) is 18.7 Å². The van der Waals surface area contributed by atoms with Crippen molar-refractivity contribution in [3.05, 3.63) is 83.8 Å². The Kier molecular flexibility index (Phi) is 4.02. The molecular formula is C24H19F3N2. The molecule has 3 heterocycles. The standard InChI is InChI=1S/C24H19F3N2/c1-15-5-6-17-9-19(10-18-7-8-29(15)23(17)18)21-11-20(13-28-14-21)16-3-2-4-22(12-16)24(25,26)27/h2-4,9-14H,1,5-8H2. The fraction of sp³-hybridized carbons (Fsp3) is 0.208. The molecule has 0 N–H and O–H groups in total. The highest BCUT2D eigenvalue weighted by atomic mass is 19.4. The van der Waals surface area contributed by atoms with Crippen LogP contribution in [0.3, 0.4) is 0 Å². The van der Waals surface area contributed by atoms with Gasteiger partial charge in [-0.2, -0.15) is 13.2 Å². The van der Waals surface area contributed by atoms with E-state index >= 15 is 0 Å². The molecule has 2 aromatic carbocycles. The zero-order chi connectivity index (χ0) is 20.2. The van der Waals surface area contributed by atoms with Crippen molar-refractivity contribution >= 4 is 5.69 Å². The molecule has 2 nitrogen and oxygen atoms in total. The molecule has 0 bridgehead atoms. The molecule has 0 radical (unpaired) electrons. The zero-order valence-corrected chi connectivity index (χ0v) is 15.8. The first-order chi connectivity index (χ1) is 13.9. The molecule has 0 saturated heterocycles. The monoisotopic (exact) mass is 392 g/mol. The molecule has 2 aliphatic heterocycles. The van der Waals surface area contributed by atoms with Gasteiger partial charge < -0.3 is 4.90 Å². The van der Waals surface area contributed by atoms with Crippen molar-refractivity contribution in [1.82, 2.24) is 4.98 Å². The van der Waals surface area contributed by atoms with Crippen LogP contribution >= 0.6 is 0 Å². The lowest BCUT2D eigenvalue weighted by atomic mass is 9.93. The second-order valence-electron chi connectivity index (χ2n) is 7.65. The molecule has 0 fully saturated rings. The number of nitrogens with zero attached hydrogens (tertiary/aromatic N) is 2. The van der Waals surface area contributed by atoms with Crippen LogP contribution in [0.1, 0.15) is 23.1 Å². The Morgan fingerprint density at radius 3 is 2.31 bits per heavy atom. The van der Waals surface area contributed by atoms with Gasteiger partial charge in [0.1, 0.15) is 0 Å². The molecule has 3 aromatic rings. The quantitative estimate of drug-likeness (QED) is 0.512. The molecule has 2 aliphatic rings. The number of allylic oxidation sites excluding steroid dienone is 1. The molecule has 0 saturated carbocycles. The summed E-state index contributed by atoms with van der Waals surface area (Å²) in [7, 11) is 0. The maximum Gasteiger partial charge on any atom is 0.416 e. The number of aromatic nitrogens is 1. The van der Waals surface area contributed by atoms with E-state index in [2.05, 4.69) is 28.6 Å². The number of halogens is 3. The third-order valence-corrected chi connectivity index (χ3v) is 5.80. The van der Waals surface area contributed by atoms with E-state index in [4.69, 9.17) is 0 Å². The van der Waals surface area contributed by atoms with Gasteiger partial charge in [0, 0.05) is 41.4 Å². The van der Waals surface area contributed by atoms with Crippen molar-refractivity contribution < 1.29 is 13.2 Å². The average molecular weight is 392 g/mol. The first-order valence-corrected chi connectivity index (χ1v) is 9.64. The summed E-state index contributed by atoms with van der Waals surface area (Å²) < 4.78 is 39.2. The number of alkyl halides is 3. The number of hydrogen-bond acceptors (Lipinski definition) is 2. The van der Waals surface area contributed by atoms with Crippen molar-refractivity contribution in [2.24, 2.45) is 0 Å². The minimum absolute atomic E-state index is 0.513. The van der Waals surface area contributed by atoms with Gasteiger partial charge in [-0.15, -0.1) is 0 Å². The zero-order valence-electron chi connectivity index (χ0n) is 15.8. The van der Waals surface area contributed by atoms with Gasteiger partial charge in [0.2, 0.25) is 0 Å². The van der Waals surface area contributed by atoms with E-state index in [0.717, 1.165) is 43.0 Å². The van der Waals surface area contributed by atoms with Crippen LogP contribution in [-0.4, -0.2) is 11.5 Å². The Bertz CT molecular complexity index is 1130. The van der Waals surface area contributed by atoms with E-state index in [1.165, 1.54) is 34.6 Å². The Balaban J connectivity index is 1.56. The van der Waals surface area contributed by atoms with Gasteiger partial charge in [-0.25, -0.2) is 0 Å². The summed E-state index contributed by atoms with van der Waals surface area (Å²) in [6.45, 7) is 5.15. The fourth-order valence-electron chi connectivity index (χ4n) is 4.36. The summed E-state index contributed by atoms with van der Waals surface area (Å²) in [6, 6.07) is 11.7. The van der Waals surface area contributed by atoms with E-state index in [0.29, 0.717) is 11.1 Å². The minimum atomic E-state index is -4.36. The van der Waals surface area contributed by atoms with E-state index in [-0.39, 0.29) is 0 Å². The van der Waals surface area contributed by atoms with Crippen LogP contribution in [0.2, 0.25) is 0 Å². The number of rotatable bonds is 2. The second-order valence-corrected chi connectivity index (χ2v) is 7.65. The van der Waals surface area contributed by atoms with Crippen molar-refractivity contribution in [1.29, 1.82) is 0 Å². The first-order valence-electron chi connectivity index (χ1n) is 9.64. The van der Waals surface area contributed by atoms with Crippen LogP contribution in [0.15, 0.2) is 67.1 Å². The van der Waals surface area contributed by atoms with Crippen LogP contribution in [0.25, 0.3) is 22.3 Å². The van der Waals surface area contributed by atoms with Crippen molar-refractivity contribution in [2.45, 2.75) is 25.4 Å². The van der Waals surface area contributed by atoms with Gasteiger partial charge in [-0.05, 0) is 71.8 Å². The lowest BCUT2D eigenvalue weighted by Gasteiger charge is -2.29. The molecule has 5 rings (SSSR count). The maximum absolute atomic E-state index is 13.1. The molecule has 0 atom stereocenters. The summed E-state index contributed by atoms with van der Waals surface area (Å²) in [5.41, 5.74) is 7.62. The molecule has 29 heavy (non-hydrogen) atoms. The van der Waals surface area contributed by atoms with Crippen LogP contribution in [0.4, 0.5) is 18.9 Å². The third-order valence-electron chi connectivity index (χ3n) is 5.80. The predicted molar refractivity (Wildman–Crippen MR) is 109 cm³/mol. The van der Waals surface area contributed by atoms with Gasteiger partial charge in [0.15, 0.2) is 0 Å². The summed E-state index contributed by atoms with van der Waals surface area (Å²) in [5.74, 6) is 0. The molecule has 5 heteroatoms. The molecule has 0 spiro atoms. The van der Waals surface area contributed by atoms with E-state index in [1.54, 1.807) is 18.5 Å². The SMILES string of the molecule is C=C1CCc2cc(-c3cncc(-c4cccc(C(F)(F)F)c4)c3)cc3c2N1CC3. The Labute approximate surface area is 167 Å². The topological polar surface area (TPSA) is 16.1 Å². The highest BCUT2D eigenvalue weighted by Crippen LogP contribution is 2.42. The fourth-order valence-corrected chi connectivity index (χ4v) is 4.36. The van der Waals surface area contributed by atoms with Crippen LogP contribution in [-0.2, 0) is 19.0 Å². The normalized spacial score (nSPS) is 15.6. The van der Waals surface area contributed by atoms with Gasteiger partial charge in [0.05, 0.1) is 5.56 Å². The summed E-state index contributed by atoms with van der Waals surface area (Å²) in [4.78, 5) is 6.63. The minimum Gasteiger partial charge on any atom is -0.345 e. The number of hydrogen-bond donors (Lipinski definition) is 0. The van der Waals surface area contributed by atoms with Crippen LogP contribution in [0, 0.1) is 0 Å². The van der Waals surface area contributed by atoms with E-state index < -0.39 is 11.7 Å². The lowest BCUT2D eigenvalue weighted by Crippen LogP contribution is -2.23. The highest BCUT2D eigenvalue weighted by molar-refractivity contribution is 5.78. The van der Waals surface area contributed by atoms with E-state index in [1.807, 2.05) is 6.07 Å². The van der Waals surface area contributed by atoms with Gasteiger partial charge in [-0.3, -0.25) is 4.98 Å². The van der Waals surface area contributed by atoms with Crippen LogP contribution in [0.5, 0.6) is 0 Å². The Hall–Kier alpha value is -3.08. The first kappa shape index (κ1) is 18.0. The van der Waals surface area contributed by atoms with Gasteiger partial charge >= 0.3 is 6.18 Å². The van der Waals surface area contributed by atoms with Crippen molar-refractivity contribution in [3.8, 4) is 22.3 Å². The molecule has 0 unspecified atom stereocenters. The molecule has 0 aliphatic carbocycles. The Morgan fingerprint density at radius 2 is 1.55 bits per heavy atom. The lowest BCUT2D eigenvalue weighted by molar-refractivity contribution is -0.137. The molecular weight excluding hydrogens is 373 g/mol.